The Kier molecular flexibility index (Phi) is 4.74. The maximum atomic E-state index is 10.5. The molecule has 0 radical (unpaired) electrons. The fourth-order valence-electron chi connectivity index (χ4n) is 2.37. The zero-order chi connectivity index (χ0) is 14.6. The van der Waals surface area contributed by atoms with E-state index in [9.17, 15) is 5.11 Å². The molecule has 1 aromatic heterocycles. The second-order valence-corrected chi connectivity index (χ2v) is 5.47. The molecule has 1 aliphatic heterocycles. The summed E-state index contributed by atoms with van der Waals surface area (Å²) in [6.07, 6.45) is 2.71. The Balaban J connectivity index is 2.12. The Labute approximate surface area is 118 Å². The van der Waals surface area contributed by atoms with Crippen molar-refractivity contribution in [3.8, 4) is 0 Å². The van der Waals surface area contributed by atoms with Gasteiger partial charge in [0.25, 0.3) is 0 Å². The van der Waals surface area contributed by atoms with Crippen LogP contribution in [0.2, 0.25) is 0 Å². The molecule has 5 N–H and O–H groups in total. The number of nitrogens with two attached hydrogens (primary N) is 1. The minimum Gasteiger partial charge on any atom is -0.388 e. The van der Waals surface area contributed by atoms with Crippen LogP contribution in [0, 0.1) is 0 Å². The maximum absolute atomic E-state index is 10.5. The fourth-order valence-corrected chi connectivity index (χ4v) is 2.37. The van der Waals surface area contributed by atoms with Gasteiger partial charge < -0.3 is 20.6 Å². The molecule has 1 fully saturated rings. The Morgan fingerprint density at radius 3 is 2.60 bits per heavy atom. The van der Waals surface area contributed by atoms with Gasteiger partial charge in [0.1, 0.15) is 18.0 Å². The van der Waals surface area contributed by atoms with Crippen molar-refractivity contribution < 1.29 is 9.84 Å². The lowest BCUT2D eigenvalue weighted by atomic mass is 9.94. The normalized spacial score (nSPS) is 18.1. The predicted molar refractivity (Wildman–Crippen MR) is 77.4 cm³/mol. The van der Waals surface area contributed by atoms with Crippen molar-refractivity contribution in [2.75, 3.05) is 30.5 Å². The lowest BCUT2D eigenvalue weighted by molar-refractivity contribution is -0.0543. The lowest BCUT2D eigenvalue weighted by Gasteiger charge is -2.32. The van der Waals surface area contributed by atoms with Crippen LogP contribution >= 0.6 is 0 Å². The van der Waals surface area contributed by atoms with Crippen molar-refractivity contribution in [1.82, 2.24) is 9.97 Å². The van der Waals surface area contributed by atoms with Crippen LogP contribution in [0.1, 0.15) is 38.2 Å². The van der Waals surface area contributed by atoms with Crippen LogP contribution in [0.4, 0.5) is 11.6 Å². The zero-order valence-electron chi connectivity index (χ0n) is 12.0. The highest BCUT2D eigenvalue weighted by atomic mass is 16.5. The van der Waals surface area contributed by atoms with Crippen LogP contribution in [0.25, 0.3) is 0 Å². The monoisotopic (exact) mass is 281 g/mol. The molecule has 0 saturated carbocycles. The van der Waals surface area contributed by atoms with Crippen LogP contribution in [0.15, 0.2) is 6.33 Å². The molecule has 1 aliphatic rings. The molecule has 1 saturated heterocycles. The third-order valence-electron chi connectivity index (χ3n) is 3.61. The zero-order valence-corrected chi connectivity index (χ0v) is 12.0. The first-order valence-corrected chi connectivity index (χ1v) is 6.91. The SMILES string of the molecule is CC(C)c1c(NN)ncnc1NCC1(O)CCOCC1. The van der Waals surface area contributed by atoms with E-state index in [4.69, 9.17) is 10.6 Å². The minimum atomic E-state index is -0.742. The van der Waals surface area contributed by atoms with Gasteiger partial charge in [0, 0.05) is 38.2 Å². The lowest BCUT2D eigenvalue weighted by Crippen LogP contribution is -2.42. The molecular weight excluding hydrogens is 258 g/mol. The number of nitrogens with one attached hydrogen (secondary N) is 2. The third-order valence-corrected chi connectivity index (χ3v) is 3.61. The quantitative estimate of drug-likeness (QED) is 0.468. The van der Waals surface area contributed by atoms with Crippen LogP contribution in [-0.4, -0.2) is 40.4 Å². The van der Waals surface area contributed by atoms with Crippen LogP contribution in [-0.2, 0) is 4.74 Å². The second kappa shape index (κ2) is 6.34. The summed E-state index contributed by atoms with van der Waals surface area (Å²) in [5, 5.41) is 13.7. The molecule has 0 atom stereocenters. The molecule has 20 heavy (non-hydrogen) atoms. The van der Waals surface area contributed by atoms with Gasteiger partial charge in [0.2, 0.25) is 0 Å². The Morgan fingerprint density at radius 1 is 1.35 bits per heavy atom. The molecule has 7 heteroatoms. The molecule has 0 aromatic carbocycles. The van der Waals surface area contributed by atoms with Crippen molar-refractivity contribution in [3.05, 3.63) is 11.9 Å². The van der Waals surface area contributed by atoms with Crippen molar-refractivity contribution in [1.29, 1.82) is 0 Å². The average molecular weight is 281 g/mol. The van der Waals surface area contributed by atoms with Gasteiger partial charge in [0.15, 0.2) is 0 Å². The summed E-state index contributed by atoms with van der Waals surface area (Å²) < 4.78 is 5.28. The van der Waals surface area contributed by atoms with Gasteiger partial charge in [-0.05, 0) is 5.92 Å². The number of aliphatic hydroxyl groups is 1. The summed E-state index contributed by atoms with van der Waals surface area (Å²) >= 11 is 0. The number of rotatable bonds is 5. The molecule has 0 unspecified atom stereocenters. The molecule has 0 amide bonds. The molecule has 0 bridgehead atoms. The van der Waals surface area contributed by atoms with E-state index in [1.165, 1.54) is 6.33 Å². The summed E-state index contributed by atoms with van der Waals surface area (Å²) in [4.78, 5) is 8.39. The number of nitrogens with zero attached hydrogens (tertiary/aromatic N) is 2. The third kappa shape index (κ3) is 3.36. The predicted octanol–water partition coefficient (Wildman–Crippen LogP) is 0.839. The van der Waals surface area contributed by atoms with E-state index in [1.54, 1.807) is 0 Å². The highest BCUT2D eigenvalue weighted by molar-refractivity contribution is 5.58. The number of hydrazine groups is 1. The number of anilines is 2. The van der Waals surface area contributed by atoms with Gasteiger partial charge in [-0.15, -0.1) is 0 Å². The Morgan fingerprint density at radius 2 is 2.00 bits per heavy atom. The van der Waals surface area contributed by atoms with E-state index in [0.717, 1.165) is 5.56 Å². The van der Waals surface area contributed by atoms with Crippen molar-refractivity contribution in [2.24, 2.45) is 5.84 Å². The number of aromatic nitrogens is 2. The van der Waals surface area contributed by atoms with E-state index in [-0.39, 0.29) is 5.92 Å². The summed E-state index contributed by atoms with van der Waals surface area (Å²) in [5.74, 6) is 7.02. The molecule has 7 nitrogen and oxygen atoms in total. The first kappa shape index (κ1) is 15.0. The summed E-state index contributed by atoms with van der Waals surface area (Å²) in [5.41, 5.74) is 2.77. The summed E-state index contributed by atoms with van der Waals surface area (Å²) in [6.45, 7) is 5.72. The van der Waals surface area contributed by atoms with Crippen LogP contribution in [0.5, 0.6) is 0 Å². The van der Waals surface area contributed by atoms with E-state index in [0.29, 0.717) is 44.2 Å². The largest absolute Gasteiger partial charge is 0.388 e. The molecule has 1 aromatic rings. The van der Waals surface area contributed by atoms with Gasteiger partial charge in [-0.25, -0.2) is 15.8 Å². The molecule has 2 rings (SSSR count). The minimum absolute atomic E-state index is 0.217. The van der Waals surface area contributed by atoms with Gasteiger partial charge in [-0.1, -0.05) is 13.8 Å². The highest BCUT2D eigenvalue weighted by Gasteiger charge is 2.30. The van der Waals surface area contributed by atoms with Gasteiger partial charge in [-0.2, -0.15) is 0 Å². The number of ether oxygens (including phenoxy) is 1. The highest BCUT2D eigenvalue weighted by Crippen LogP contribution is 2.29. The van der Waals surface area contributed by atoms with Gasteiger partial charge >= 0.3 is 0 Å². The fraction of sp³-hybridized carbons (Fsp3) is 0.692. The Hall–Kier alpha value is -1.44. The van der Waals surface area contributed by atoms with E-state index >= 15 is 0 Å². The smallest absolute Gasteiger partial charge is 0.148 e. The maximum Gasteiger partial charge on any atom is 0.148 e. The van der Waals surface area contributed by atoms with Crippen LogP contribution in [0.3, 0.4) is 0 Å². The van der Waals surface area contributed by atoms with Crippen LogP contribution < -0.4 is 16.6 Å². The van der Waals surface area contributed by atoms with Gasteiger partial charge in [-0.3, -0.25) is 0 Å². The Bertz CT molecular complexity index is 446. The molecular formula is C13H23N5O2. The number of hydrogen-bond acceptors (Lipinski definition) is 7. The topological polar surface area (TPSA) is 105 Å². The van der Waals surface area contributed by atoms with E-state index < -0.39 is 5.60 Å². The van der Waals surface area contributed by atoms with E-state index in [2.05, 4.69) is 20.7 Å². The van der Waals surface area contributed by atoms with E-state index in [1.807, 2.05) is 13.8 Å². The van der Waals surface area contributed by atoms with Gasteiger partial charge in [0.05, 0.1) is 5.60 Å². The summed E-state index contributed by atoms with van der Waals surface area (Å²) in [7, 11) is 0. The average Bonchev–Trinajstić information content (AvgIpc) is 2.45. The first-order valence-electron chi connectivity index (χ1n) is 6.91. The standard InChI is InChI=1S/C13H23N5O2/c1-9(2)10-11(16-8-17-12(10)18-14)15-7-13(19)3-5-20-6-4-13/h8-9,19H,3-7,14H2,1-2H3,(H2,15,16,17,18). The molecule has 0 aliphatic carbocycles. The molecule has 0 spiro atoms. The molecule has 112 valence electrons. The van der Waals surface area contributed by atoms with Crippen molar-refractivity contribution >= 4 is 11.6 Å². The summed E-state index contributed by atoms with van der Waals surface area (Å²) in [6, 6.07) is 0. The number of hydrogen-bond donors (Lipinski definition) is 4. The molecule has 2 heterocycles. The first-order chi connectivity index (χ1) is 9.56. The van der Waals surface area contributed by atoms with Crippen molar-refractivity contribution in [3.63, 3.8) is 0 Å². The second-order valence-electron chi connectivity index (χ2n) is 5.47. The number of nitrogen functional groups attached to an aromatic ring is 1. The van der Waals surface area contributed by atoms with Crippen molar-refractivity contribution in [2.45, 2.75) is 38.2 Å².